The van der Waals surface area contributed by atoms with E-state index in [0.29, 0.717) is 22.8 Å². The summed E-state index contributed by atoms with van der Waals surface area (Å²) in [5.41, 5.74) is 8.27. The average molecular weight is 246 g/mol. The van der Waals surface area contributed by atoms with Gasteiger partial charge in [0.05, 0.1) is 24.2 Å². The van der Waals surface area contributed by atoms with Gasteiger partial charge in [-0.2, -0.15) is 0 Å². The fourth-order valence-electron chi connectivity index (χ4n) is 1.76. The van der Waals surface area contributed by atoms with E-state index in [1.54, 1.807) is 31.4 Å². The summed E-state index contributed by atoms with van der Waals surface area (Å²) in [5, 5.41) is 3.00. The van der Waals surface area contributed by atoms with Crippen molar-refractivity contribution in [2.75, 3.05) is 18.2 Å². The van der Waals surface area contributed by atoms with E-state index in [-0.39, 0.29) is 5.82 Å². The van der Waals surface area contributed by atoms with Crippen LogP contribution in [0.5, 0.6) is 5.75 Å². The van der Waals surface area contributed by atoms with Gasteiger partial charge in [0, 0.05) is 0 Å². The van der Waals surface area contributed by atoms with Gasteiger partial charge < -0.3 is 15.8 Å². The maximum absolute atomic E-state index is 13.7. The Morgan fingerprint density at radius 3 is 2.56 bits per heavy atom. The monoisotopic (exact) mass is 246 g/mol. The molecule has 0 fully saturated rings. The Balaban J connectivity index is 2.40. The molecule has 0 radical (unpaired) electrons. The second-order valence-electron chi connectivity index (χ2n) is 3.98. The molecule has 3 nitrogen and oxygen atoms in total. The predicted octanol–water partition coefficient (Wildman–Crippen LogP) is 3.47. The second-order valence-corrected chi connectivity index (χ2v) is 3.98. The molecule has 0 unspecified atom stereocenters. The molecular formula is C14H15FN2O. The molecule has 18 heavy (non-hydrogen) atoms. The summed E-state index contributed by atoms with van der Waals surface area (Å²) in [7, 11) is 1.55. The van der Waals surface area contributed by atoms with E-state index in [4.69, 9.17) is 10.5 Å². The van der Waals surface area contributed by atoms with E-state index in [1.807, 2.05) is 13.0 Å². The van der Waals surface area contributed by atoms with Gasteiger partial charge in [0.2, 0.25) is 0 Å². The highest BCUT2D eigenvalue weighted by Crippen LogP contribution is 2.32. The van der Waals surface area contributed by atoms with E-state index < -0.39 is 0 Å². The first-order valence-electron chi connectivity index (χ1n) is 5.58. The lowest BCUT2D eigenvalue weighted by Gasteiger charge is -2.14. The second kappa shape index (κ2) is 4.96. The number of benzene rings is 2. The van der Waals surface area contributed by atoms with Crippen molar-refractivity contribution in [1.82, 2.24) is 0 Å². The normalized spacial score (nSPS) is 10.2. The molecule has 3 N–H and O–H groups in total. The largest absolute Gasteiger partial charge is 0.495 e. The van der Waals surface area contributed by atoms with Crippen LogP contribution in [0.1, 0.15) is 5.56 Å². The third kappa shape index (κ3) is 2.22. The molecule has 4 heteroatoms. The number of hydrogen-bond donors (Lipinski definition) is 2. The maximum Gasteiger partial charge on any atom is 0.146 e. The molecule has 0 amide bonds. The van der Waals surface area contributed by atoms with Gasteiger partial charge in [-0.1, -0.05) is 18.2 Å². The minimum Gasteiger partial charge on any atom is -0.495 e. The van der Waals surface area contributed by atoms with Gasteiger partial charge in [-0.25, -0.2) is 4.39 Å². The third-order valence-electron chi connectivity index (χ3n) is 2.77. The molecule has 0 aliphatic rings. The molecule has 0 aliphatic carbocycles. The summed E-state index contributed by atoms with van der Waals surface area (Å²) in [6, 6.07) is 10.3. The standard InChI is InChI=1S/C14H15FN2O/c1-9-5-3-6-10(15)14(9)17-11-7-4-8-12(18-2)13(11)16/h3-8,17H,16H2,1-2H3. The molecule has 0 aliphatic heterocycles. The van der Waals surface area contributed by atoms with Crippen LogP contribution in [0.15, 0.2) is 36.4 Å². The molecule has 0 aromatic heterocycles. The molecule has 2 rings (SSSR count). The predicted molar refractivity (Wildman–Crippen MR) is 71.8 cm³/mol. The van der Waals surface area contributed by atoms with Crippen molar-refractivity contribution < 1.29 is 9.13 Å². The van der Waals surface area contributed by atoms with Gasteiger partial charge in [0.1, 0.15) is 11.6 Å². The Bertz CT molecular complexity index is 549. The van der Waals surface area contributed by atoms with Crippen molar-refractivity contribution in [2.45, 2.75) is 6.92 Å². The van der Waals surface area contributed by atoms with Crippen LogP contribution in [0.4, 0.5) is 21.5 Å². The maximum atomic E-state index is 13.7. The smallest absolute Gasteiger partial charge is 0.146 e. The minimum absolute atomic E-state index is 0.308. The Kier molecular flexibility index (Phi) is 3.37. The van der Waals surface area contributed by atoms with Crippen LogP contribution >= 0.6 is 0 Å². The highest BCUT2D eigenvalue weighted by atomic mass is 19.1. The first kappa shape index (κ1) is 12.2. The van der Waals surface area contributed by atoms with Crippen molar-refractivity contribution in [3.63, 3.8) is 0 Å². The highest BCUT2D eigenvalue weighted by molar-refractivity contribution is 5.78. The van der Waals surface area contributed by atoms with E-state index in [0.717, 1.165) is 5.56 Å². The average Bonchev–Trinajstić information content (AvgIpc) is 2.36. The first-order valence-corrected chi connectivity index (χ1v) is 5.58. The van der Waals surface area contributed by atoms with Gasteiger partial charge in [0.25, 0.3) is 0 Å². The number of halogens is 1. The van der Waals surface area contributed by atoms with Gasteiger partial charge in [0.15, 0.2) is 0 Å². The van der Waals surface area contributed by atoms with Crippen LogP contribution in [0.25, 0.3) is 0 Å². The molecule has 0 heterocycles. The third-order valence-corrected chi connectivity index (χ3v) is 2.77. The fourth-order valence-corrected chi connectivity index (χ4v) is 1.76. The number of nitrogen functional groups attached to an aromatic ring is 1. The van der Waals surface area contributed by atoms with Gasteiger partial charge in [-0.05, 0) is 30.7 Å². The first-order chi connectivity index (χ1) is 8.63. The Morgan fingerprint density at radius 2 is 1.89 bits per heavy atom. The van der Waals surface area contributed by atoms with E-state index in [1.165, 1.54) is 6.07 Å². The van der Waals surface area contributed by atoms with Crippen LogP contribution in [-0.2, 0) is 0 Å². The Morgan fingerprint density at radius 1 is 1.17 bits per heavy atom. The van der Waals surface area contributed by atoms with Crippen LogP contribution in [-0.4, -0.2) is 7.11 Å². The summed E-state index contributed by atoms with van der Waals surface area (Å²) in [4.78, 5) is 0. The number of methoxy groups -OCH3 is 1. The lowest BCUT2D eigenvalue weighted by atomic mass is 10.1. The van der Waals surface area contributed by atoms with Crippen LogP contribution in [0.2, 0.25) is 0 Å². The summed E-state index contributed by atoms with van der Waals surface area (Å²) in [5.74, 6) is 0.256. The van der Waals surface area contributed by atoms with Crippen LogP contribution < -0.4 is 15.8 Å². The lowest BCUT2D eigenvalue weighted by Crippen LogP contribution is -2.01. The summed E-state index contributed by atoms with van der Waals surface area (Å²) in [6.07, 6.45) is 0. The van der Waals surface area contributed by atoms with Gasteiger partial charge in [-0.15, -0.1) is 0 Å². The number of anilines is 3. The summed E-state index contributed by atoms with van der Waals surface area (Å²) < 4.78 is 18.8. The summed E-state index contributed by atoms with van der Waals surface area (Å²) >= 11 is 0. The topological polar surface area (TPSA) is 47.3 Å². The zero-order chi connectivity index (χ0) is 13.1. The zero-order valence-electron chi connectivity index (χ0n) is 10.3. The number of aryl methyl sites for hydroxylation is 1. The van der Waals surface area contributed by atoms with E-state index >= 15 is 0 Å². The molecule has 0 saturated carbocycles. The highest BCUT2D eigenvalue weighted by Gasteiger charge is 2.09. The molecule has 2 aromatic rings. The molecule has 2 aromatic carbocycles. The van der Waals surface area contributed by atoms with E-state index in [9.17, 15) is 4.39 Å². The number of ether oxygens (including phenoxy) is 1. The Labute approximate surface area is 105 Å². The number of para-hydroxylation sites is 2. The SMILES string of the molecule is COc1cccc(Nc2c(C)cccc2F)c1N. The Hall–Kier alpha value is -2.23. The number of nitrogens with two attached hydrogens (primary N) is 1. The number of rotatable bonds is 3. The lowest BCUT2D eigenvalue weighted by molar-refractivity contribution is 0.417. The molecule has 0 bridgehead atoms. The van der Waals surface area contributed by atoms with Crippen molar-refractivity contribution in [3.8, 4) is 5.75 Å². The van der Waals surface area contributed by atoms with Gasteiger partial charge >= 0.3 is 0 Å². The molecule has 0 atom stereocenters. The van der Waals surface area contributed by atoms with Crippen molar-refractivity contribution >= 4 is 17.1 Å². The number of nitrogens with one attached hydrogen (secondary N) is 1. The molecular weight excluding hydrogens is 231 g/mol. The van der Waals surface area contributed by atoms with Crippen molar-refractivity contribution in [3.05, 3.63) is 47.8 Å². The van der Waals surface area contributed by atoms with Gasteiger partial charge in [-0.3, -0.25) is 0 Å². The van der Waals surface area contributed by atoms with Crippen LogP contribution in [0, 0.1) is 12.7 Å². The molecule has 94 valence electrons. The fraction of sp³-hybridized carbons (Fsp3) is 0.143. The van der Waals surface area contributed by atoms with Crippen molar-refractivity contribution in [1.29, 1.82) is 0 Å². The van der Waals surface area contributed by atoms with E-state index in [2.05, 4.69) is 5.32 Å². The number of hydrogen-bond acceptors (Lipinski definition) is 3. The minimum atomic E-state index is -0.308. The zero-order valence-corrected chi connectivity index (χ0v) is 10.3. The summed E-state index contributed by atoms with van der Waals surface area (Å²) in [6.45, 7) is 1.84. The molecule has 0 saturated heterocycles. The molecule has 0 spiro atoms. The van der Waals surface area contributed by atoms with Crippen LogP contribution in [0.3, 0.4) is 0 Å². The quantitative estimate of drug-likeness (QED) is 0.815. The van der Waals surface area contributed by atoms with Crippen molar-refractivity contribution in [2.24, 2.45) is 0 Å².